The Bertz CT molecular complexity index is 697. The van der Waals surface area contributed by atoms with E-state index in [9.17, 15) is 18.5 Å². The van der Waals surface area contributed by atoms with E-state index < -0.39 is 26.2 Å². The van der Waals surface area contributed by atoms with Gasteiger partial charge in [0.25, 0.3) is 0 Å². The smallest absolute Gasteiger partial charge is 0.312 e. The summed E-state index contributed by atoms with van der Waals surface area (Å²) in [5.74, 6) is 0.0120. The number of methoxy groups -OCH3 is 1. The van der Waals surface area contributed by atoms with Crippen LogP contribution >= 0.6 is 0 Å². The highest BCUT2D eigenvalue weighted by atomic mass is 32.2. The molecule has 0 amide bonds. The molecule has 1 aliphatic rings. The molecule has 2 rings (SSSR count). The average molecular weight is 357 g/mol. The zero-order chi connectivity index (χ0) is 17.8. The van der Waals surface area contributed by atoms with Crippen LogP contribution in [0.25, 0.3) is 0 Å². The number of hydrogen-bond donors (Lipinski definition) is 2. The minimum atomic E-state index is -3.88. The van der Waals surface area contributed by atoms with Crippen molar-refractivity contribution < 1.29 is 18.1 Å². The number of ether oxygens (including phenoxy) is 1. The fraction of sp³-hybridized carbons (Fsp3) is 0.600. The first-order valence-electron chi connectivity index (χ1n) is 7.88. The highest BCUT2D eigenvalue weighted by molar-refractivity contribution is 7.89. The number of nitrogens with two attached hydrogens (primary N) is 1. The average Bonchev–Trinajstić information content (AvgIpc) is 2.77. The topological polar surface area (TPSA) is 125 Å². The SMILES string of the molecule is COc1ccc(S(=O)(=O)NCC2(N)CCCCCC2)cc1[N+](=O)[O-]. The van der Waals surface area contributed by atoms with Gasteiger partial charge in [-0.2, -0.15) is 0 Å². The minimum absolute atomic E-state index is 0.0120. The fourth-order valence-corrected chi connectivity index (χ4v) is 4.07. The molecule has 0 bridgehead atoms. The van der Waals surface area contributed by atoms with Crippen LogP contribution in [-0.2, 0) is 10.0 Å². The molecule has 1 aromatic carbocycles. The third kappa shape index (κ3) is 4.43. The Morgan fingerprint density at radius 1 is 1.29 bits per heavy atom. The highest BCUT2D eigenvalue weighted by Gasteiger charge is 2.29. The molecule has 0 aliphatic heterocycles. The van der Waals surface area contributed by atoms with Gasteiger partial charge in [-0.15, -0.1) is 0 Å². The van der Waals surface area contributed by atoms with Crippen LogP contribution in [0.4, 0.5) is 5.69 Å². The number of hydrogen-bond acceptors (Lipinski definition) is 6. The van der Waals surface area contributed by atoms with Crippen LogP contribution in [0.1, 0.15) is 38.5 Å². The zero-order valence-electron chi connectivity index (χ0n) is 13.7. The molecular weight excluding hydrogens is 334 g/mol. The van der Waals surface area contributed by atoms with E-state index in [0.717, 1.165) is 44.6 Å². The standard InChI is InChI=1S/C15H23N3O5S/c1-23-14-7-6-12(10-13(14)18(19)20)24(21,22)17-11-15(16)8-4-2-3-5-9-15/h6-7,10,17H,2-5,8-9,11,16H2,1H3. The van der Waals surface area contributed by atoms with E-state index in [0.29, 0.717) is 0 Å². The summed E-state index contributed by atoms with van der Waals surface area (Å²) in [4.78, 5) is 10.2. The van der Waals surface area contributed by atoms with Crippen molar-refractivity contribution in [2.45, 2.75) is 49.0 Å². The van der Waals surface area contributed by atoms with Crippen LogP contribution < -0.4 is 15.2 Å². The second kappa shape index (κ2) is 7.45. The maximum atomic E-state index is 12.4. The number of nitrogens with zero attached hydrogens (tertiary/aromatic N) is 1. The number of sulfonamides is 1. The summed E-state index contributed by atoms with van der Waals surface area (Å²) < 4.78 is 32.3. The second-order valence-corrected chi connectivity index (χ2v) is 7.96. The predicted octanol–water partition coefficient (Wildman–Crippen LogP) is 1.93. The molecule has 0 spiro atoms. The molecule has 1 fully saturated rings. The number of nitrogens with one attached hydrogen (secondary N) is 1. The van der Waals surface area contributed by atoms with Gasteiger partial charge in [-0.1, -0.05) is 25.7 Å². The highest BCUT2D eigenvalue weighted by Crippen LogP contribution is 2.30. The minimum Gasteiger partial charge on any atom is -0.490 e. The lowest BCUT2D eigenvalue weighted by Gasteiger charge is -2.28. The third-order valence-electron chi connectivity index (χ3n) is 4.37. The molecule has 0 aromatic heterocycles. The summed E-state index contributed by atoms with van der Waals surface area (Å²) in [6.45, 7) is 0.120. The first kappa shape index (κ1) is 18.6. The Balaban J connectivity index is 2.18. The van der Waals surface area contributed by atoms with Crippen LogP contribution in [0.3, 0.4) is 0 Å². The van der Waals surface area contributed by atoms with Crippen LogP contribution in [0.5, 0.6) is 5.75 Å². The molecule has 0 unspecified atom stereocenters. The second-order valence-electron chi connectivity index (χ2n) is 6.19. The lowest BCUT2D eigenvalue weighted by Crippen LogP contribution is -2.49. The van der Waals surface area contributed by atoms with E-state index in [1.807, 2.05) is 0 Å². The molecule has 1 saturated carbocycles. The third-order valence-corrected chi connectivity index (χ3v) is 5.77. The lowest BCUT2D eigenvalue weighted by molar-refractivity contribution is -0.386. The van der Waals surface area contributed by atoms with E-state index in [1.165, 1.54) is 19.2 Å². The van der Waals surface area contributed by atoms with Crippen molar-refractivity contribution >= 4 is 15.7 Å². The molecule has 3 N–H and O–H groups in total. The molecule has 8 nitrogen and oxygen atoms in total. The quantitative estimate of drug-likeness (QED) is 0.455. The van der Waals surface area contributed by atoms with Gasteiger partial charge in [0, 0.05) is 18.2 Å². The molecule has 0 atom stereocenters. The Kier molecular flexibility index (Phi) is 5.79. The van der Waals surface area contributed by atoms with Gasteiger partial charge in [0.1, 0.15) is 0 Å². The largest absolute Gasteiger partial charge is 0.490 e. The van der Waals surface area contributed by atoms with Gasteiger partial charge in [-0.25, -0.2) is 13.1 Å². The molecule has 134 valence electrons. The van der Waals surface area contributed by atoms with Gasteiger partial charge in [0.05, 0.1) is 16.9 Å². The normalized spacial score (nSPS) is 17.9. The van der Waals surface area contributed by atoms with Gasteiger partial charge < -0.3 is 10.5 Å². The van der Waals surface area contributed by atoms with Crippen LogP contribution in [0.15, 0.2) is 23.1 Å². The van der Waals surface area contributed by atoms with E-state index in [2.05, 4.69) is 4.72 Å². The number of benzene rings is 1. The van der Waals surface area contributed by atoms with Gasteiger partial charge in [0.15, 0.2) is 5.75 Å². The molecule has 1 aliphatic carbocycles. The molecule has 24 heavy (non-hydrogen) atoms. The van der Waals surface area contributed by atoms with Crippen LogP contribution in [0, 0.1) is 10.1 Å². The van der Waals surface area contributed by atoms with Gasteiger partial charge in [-0.05, 0) is 25.0 Å². The summed E-state index contributed by atoms with van der Waals surface area (Å²) in [6, 6.07) is 3.55. The Hall–Kier alpha value is -1.71. The fourth-order valence-electron chi connectivity index (χ4n) is 2.91. The van der Waals surface area contributed by atoms with Crippen LogP contribution in [0.2, 0.25) is 0 Å². The molecule has 0 saturated heterocycles. The predicted molar refractivity (Wildman–Crippen MR) is 89.5 cm³/mol. The van der Waals surface area contributed by atoms with Crippen molar-refractivity contribution in [2.75, 3.05) is 13.7 Å². The number of rotatable bonds is 6. The van der Waals surface area contributed by atoms with E-state index in [-0.39, 0.29) is 17.2 Å². The molecular formula is C15H23N3O5S. The monoisotopic (exact) mass is 357 g/mol. The summed E-state index contributed by atoms with van der Waals surface area (Å²) in [5, 5.41) is 11.0. The van der Waals surface area contributed by atoms with Crippen molar-refractivity contribution in [3.63, 3.8) is 0 Å². The van der Waals surface area contributed by atoms with Gasteiger partial charge in [0.2, 0.25) is 10.0 Å². The summed E-state index contributed by atoms with van der Waals surface area (Å²) in [7, 11) is -2.59. The van der Waals surface area contributed by atoms with Crippen molar-refractivity contribution in [3.05, 3.63) is 28.3 Å². The zero-order valence-corrected chi connectivity index (χ0v) is 14.5. The molecule has 0 radical (unpaired) electrons. The van der Waals surface area contributed by atoms with Crippen molar-refractivity contribution in [3.8, 4) is 5.75 Å². The van der Waals surface area contributed by atoms with Gasteiger partial charge in [-0.3, -0.25) is 10.1 Å². The Morgan fingerprint density at radius 3 is 2.46 bits per heavy atom. The van der Waals surface area contributed by atoms with Crippen molar-refractivity contribution in [1.82, 2.24) is 4.72 Å². The lowest BCUT2D eigenvalue weighted by atomic mass is 9.92. The summed E-state index contributed by atoms with van der Waals surface area (Å²) in [5.41, 5.74) is 5.35. The molecule has 1 aromatic rings. The molecule has 0 heterocycles. The summed E-state index contributed by atoms with van der Waals surface area (Å²) >= 11 is 0. The number of nitro benzene ring substituents is 1. The summed E-state index contributed by atoms with van der Waals surface area (Å²) in [6.07, 6.45) is 5.70. The number of nitro groups is 1. The van der Waals surface area contributed by atoms with Crippen molar-refractivity contribution in [1.29, 1.82) is 0 Å². The maximum absolute atomic E-state index is 12.4. The first-order chi connectivity index (χ1) is 11.3. The Morgan fingerprint density at radius 2 is 1.92 bits per heavy atom. The molecule has 9 heteroatoms. The van der Waals surface area contributed by atoms with Crippen LogP contribution in [-0.4, -0.2) is 32.5 Å². The maximum Gasteiger partial charge on any atom is 0.312 e. The van der Waals surface area contributed by atoms with Crippen molar-refractivity contribution in [2.24, 2.45) is 5.73 Å². The van der Waals surface area contributed by atoms with Gasteiger partial charge >= 0.3 is 5.69 Å². The van der Waals surface area contributed by atoms with E-state index >= 15 is 0 Å². The van der Waals surface area contributed by atoms with E-state index in [1.54, 1.807) is 0 Å². The first-order valence-corrected chi connectivity index (χ1v) is 9.37. The Labute approximate surface area is 141 Å². The van der Waals surface area contributed by atoms with E-state index in [4.69, 9.17) is 10.5 Å².